The summed E-state index contributed by atoms with van der Waals surface area (Å²) in [5.74, 6) is 0.164. The Morgan fingerprint density at radius 2 is 2.00 bits per heavy atom. The Balaban J connectivity index is 4.01. The van der Waals surface area contributed by atoms with Crippen LogP contribution in [0.3, 0.4) is 0 Å². The molecule has 0 amide bonds. The van der Waals surface area contributed by atoms with E-state index in [1.807, 2.05) is 13.8 Å². The Bertz CT molecular complexity index is 161. The number of aliphatic hydroxyl groups is 1. The van der Waals surface area contributed by atoms with Crippen LogP contribution >= 0.6 is 0 Å². The van der Waals surface area contributed by atoms with E-state index in [1.54, 1.807) is 0 Å². The van der Waals surface area contributed by atoms with Gasteiger partial charge in [0.2, 0.25) is 0 Å². The maximum atomic E-state index is 10.2. The molecule has 0 saturated heterocycles. The first-order chi connectivity index (χ1) is 6.60. The Kier molecular flexibility index (Phi) is 6.71. The maximum absolute atomic E-state index is 10.2. The molecule has 0 aromatic carbocycles. The fourth-order valence-corrected chi connectivity index (χ4v) is 1.70. The summed E-state index contributed by atoms with van der Waals surface area (Å²) in [5.41, 5.74) is -0.879. The van der Waals surface area contributed by atoms with Crippen LogP contribution < -0.4 is 0 Å². The Morgan fingerprint density at radius 1 is 1.36 bits per heavy atom. The second kappa shape index (κ2) is 6.93. The topological polar surface area (TPSA) is 49.7 Å². The Labute approximate surface area is 86.9 Å². The zero-order valence-corrected chi connectivity index (χ0v) is 9.62. The van der Waals surface area contributed by atoms with Gasteiger partial charge in [-0.3, -0.25) is 0 Å². The number of nitrogens with zero attached hydrogens (tertiary/aromatic N) is 1. The summed E-state index contributed by atoms with van der Waals surface area (Å²) < 4.78 is 0. The molecule has 0 aromatic rings. The minimum Gasteiger partial charge on any atom is -0.388 e. The normalized spacial score (nSPS) is 17.4. The minimum atomic E-state index is -0.879. The lowest BCUT2D eigenvalue weighted by Gasteiger charge is -2.30. The van der Waals surface area contributed by atoms with Gasteiger partial charge in [-0.15, -0.1) is 0 Å². The molecular weight excluding hydrogens is 178 g/mol. The third kappa shape index (κ3) is 4.18. The predicted octanol–water partition coefficient (Wildman–Crippen LogP) is 3.11. The van der Waals surface area contributed by atoms with Gasteiger partial charge in [-0.05, 0) is 18.8 Å². The lowest BCUT2D eigenvalue weighted by Crippen LogP contribution is -2.38. The smallest absolute Gasteiger partial charge is 0.110 e. The highest BCUT2D eigenvalue weighted by molar-refractivity contribution is 4.84. The van der Waals surface area contributed by atoms with Crippen LogP contribution in [0.4, 0.5) is 0 Å². The first-order valence-corrected chi connectivity index (χ1v) is 5.62. The minimum absolute atomic E-state index is 0.0246. The summed E-state index contributed by atoms with van der Waals surface area (Å²) in [5, 5.41) is 12.9. The van der Waals surface area contributed by atoms with Crippen molar-refractivity contribution in [2.24, 2.45) is 11.1 Å². The van der Waals surface area contributed by atoms with Gasteiger partial charge in [-0.2, -0.15) is 4.91 Å². The zero-order valence-electron chi connectivity index (χ0n) is 9.62. The molecule has 3 heteroatoms. The van der Waals surface area contributed by atoms with Crippen LogP contribution in [0.25, 0.3) is 0 Å². The molecule has 0 rings (SSSR count). The van der Waals surface area contributed by atoms with Crippen molar-refractivity contribution < 1.29 is 5.11 Å². The molecule has 2 atom stereocenters. The largest absolute Gasteiger partial charge is 0.388 e. The summed E-state index contributed by atoms with van der Waals surface area (Å²) in [6, 6.07) is 0. The fourth-order valence-electron chi connectivity index (χ4n) is 1.70. The average molecular weight is 201 g/mol. The van der Waals surface area contributed by atoms with Crippen molar-refractivity contribution >= 4 is 0 Å². The number of hydrogen-bond acceptors (Lipinski definition) is 3. The quantitative estimate of drug-likeness (QED) is 0.484. The van der Waals surface area contributed by atoms with Crippen molar-refractivity contribution in [1.82, 2.24) is 0 Å². The molecule has 84 valence electrons. The van der Waals surface area contributed by atoms with E-state index in [-0.39, 0.29) is 12.5 Å². The number of rotatable bonds is 8. The summed E-state index contributed by atoms with van der Waals surface area (Å²) in [7, 11) is 0. The summed E-state index contributed by atoms with van der Waals surface area (Å²) >= 11 is 0. The van der Waals surface area contributed by atoms with Crippen molar-refractivity contribution in [2.45, 2.75) is 58.5 Å². The molecule has 2 unspecified atom stereocenters. The van der Waals surface area contributed by atoms with Crippen LogP contribution in [-0.2, 0) is 0 Å². The van der Waals surface area contributed by atoms with Gasteiger partial charge in [0.25, 0.3) is 0 Å². The van der Waals surface area contributed by atoms with E-state index in [0.29, 0.717) is 6.42 Å². The van der Waals surface area contributed by atoms with Crippen molar-refractivity contribution in [3.05, 3.63) is 4.91 Å². The fraction of sp³-hybridized carbons (Fsp3) is 1.00. The molecule has 0 heterocycles. The van der Waals surface area contributed by atoms with Crippen molar-refractivity contribution in [3.8, 4) is 0 Å². The zero-order chi connectivity index (χ0) is 11.0. The van der Waals surface area contributed by atoms with E-state index < -0.39 is 5.60 Å². The van der Waals surface area contributed by atoms with E-state index in [0.717, 1.165) is 12.8 Å². The first kappa shape index (κ1) is 13.6. The molecule has 0 aromatic heterocycles. The first-order valence-electron chi connectivity index (χ1n) is 5.62. The van der Waals surface area contributed by atoms with Gasteiger partial charge in [0.15, 0.2) is 0 Å². The third-order valence-corrected chi connectivity index (χ3v) is 3.11. The number of unbranched alkanes of at least 4 members (excludes halogenated alkanes) is 2. The van der Waals surface area contributed by atoms with Crippen molar-refractivity contribution in [2.75, 3.05) is 6.54 Å². The summed E-state index contributed by atoms with van der Waals surface area (Å²) in [4.78, 5) is 10.2. The van der Waals surface area contributed by atoms with Gasteiger partial charge in [-0.1, -0.05) is 45.2 Å². The summed E-state index contributed by atoms with van der Waals surface area (Å²) in [6.45, 7) is 6.09. The molecule has 0 aliphatic rings. The highest BCUT2D eigenvalue weighted by atomic mass is 16.3. The van der Waals surface area contributed by atoms with E-state index in [4.69, 9.17) is 0 Å². The third-order valence-electron chi connectivity index (χ3n) is 3.11. The molecule has 0 aliphatic heterocycles. The molecule has 0 spiro atoms. The van der Waals surface area contributed by atoms with E-state index in [1.165, 1.54) is 12.8 Å². The summed E-state index contributed by atoms with van der Waals surface area (Å²) in [6.07, 6.45) is 5.08. The van der Waals surface area contributed by atoms with Gasteiger partial charge in [-0.25, -0.2) is 0 Å². The highest BCUT2D eigenvalue weighted by Crippen LogP contribution is 2.26. The maximum Gasteiger partial charge on any atom is 0.110 e. The lowest BCUT2D eigenvalue weighted by molar-refractivity contribution is -0.0106. The van der Waals surface area contributed by atoms with Crippen LogP contribution in [0.15, 0.2) is 5.18 Å². The van der Waals surface area contributed by atoms with Crippen LogP contribution in [0.5, 0.6) is 0 Å². The van der Waals surface area contributed by atoms with Gasteiger partial charge in [0.05, 0.1) is 5.60 Å². The lowest BCUT2D eigenvalue weighted by atomic mass is 9.83. The Hall–Kier alpha value is -0.440. The van der Waals surface area contributed by atoms with Crippen LogP contribution in [0.2, 0.25) is 0 Å². The average Bonchev–Trinajstić information content (AvgIpc) is 2.18. The molecule has 0 radical (unpaired) electrons. The second-order valence-electron chi connectivity index (χ2n) is 4.14. The van der Waals surface area contributed by atoms with Crippen molar-refractivity contribution in [1.29, 1.82) is 0 Å². The number of nitroso groups, excluding NO2 is 1. The molecule has 0 bridgehead atoms. The van der Waals surface area contributed by atoms with E-state index >= 15 is 0 Å². The molecule has 1 N–H and O–H groups in total. The molecular formula is C11H23NO2. The van der Waals surface area contributed by atoms with Crippen molar-refractivity contribution in [3.63, 3.8) is 0 Å². The highest BCUT2D eigenvalue weighted by Gasteiger charge is 2.31. The van der Waals surface area contributed by atoms with E-state index in [2.05, 4.69) is 12.1 Å². The van der Waals surface area contributed by atoms with Crippen LogP contribution in [0.1, 0.15) is 52.9 Å². The number of hydrogen-bond donors (Lipinski definition) is 1. The molecule has 3 nitrogen and oxygen atoms in total. The predicted molar refractivity (Wildman–Crippen MR) is 59.2 cm³/mol. The van der Waals surface area contributed by atoms with E-state index in [9.17, 15) is 10.0 Å². The van der Waals surface area contributed by atoms with Gasteiger partial charge in [0.1, 0.15) is 6.54 Å². The second-order valence-corrected chi connectivity index (χ2v) is 4.14. The molecule has 0 fully saturated rings. The van der Waals surface area contributed by atoms with Gasteiger partial charge < -0.3 is 5.11 Å². The SMILES string of the molecule is CCCCCC(C)C(O)(CC)CN=O. The van der Waals surface area contributed by atoms with Crippen LogP contribution in [-0.4, -0.2) is 17.3 Å². The Morgan fingerprint density at radius 3 is 2.43 bits per heavy atom. The van der Waals surface area contributed by atoms with Crippen LogP contribution in [0, 0.1) is 10.8 Å². The van der Waals surface area contributed by atoms with Gasteiger partial charge in [0, 0.05) is 0 Å². The molecule has 0 aliphatic carbocycles. The monoisotopic (exact) mass is 201 g/mol. The molecule has 0 saturated carbocycles. The molecule has 14 heavy (non-hydrogen) atoms. The van der Waals surface area contributed by atoms with Gasteiger partial charge >= 0.3 is 0 Å². The standard InChI is InChI=1S/C11H23NO2/c1-4-6-7-8-10(3)11(13,5-2)9-12-14/h10,13H,4-9H2,1-3H3.